The topological polar surface area (TPSA) is 38.9 Å². The van der Waals surface area contributed by atoms with Gasteiger partial charge in [0, 0.05) is 48.7 Å². The second kappa shape index (κ2) is 6.29. The molecule has 2 aromatic heterocycles. The highest BCUT2D eigenvalue weighted by atomic mass is 19.1. The Morgan fingerprint density at radius 3 is 2.60 bits per heavy atom. The molecule has 0 saturated carbocycles. The van der Waals surface area contributed by atoms with E-state index in [4.69, 9.17) is 0 Å². The van der Waals surface area contributed by atoms with Crippen molar-refractivity contribution in [3.8, 4) is 22.4 Å². The fourth-order valence-corrected chi connectivity index (χ4v) is 5.22. The first-order valence-electron chi connectivity index (χ1n) is 10.3. The van der Waals surface area contributed by atoms with Crippen LogP contribution in [0.2, 0.25) is 0 Å². The number of imidazole rings is 1. The van der Waals surface area contributed by atoms with E-state index in [2.05, 4.69) is 43.8 Å². The molecule has 2 aromatic carbocycles. The van der Waals surface area contributed by atoms with E-state index in [9.17, 15) is 4.39 Å². The Labute approximate surface area is 174 Å². The summed E-state index contributed by atoms with van der Waals surface area (Å²) in [4.78, 5) is 6.70. The molecule has 0 unspecified atom stereocenters. The Balaban J connectivity index is 1.29. The molecule has 6 rings (SSSR count). The summed E-state index contributed by atoms with van der Waals surface area (Å²) in [6.07, 6.45) is 9.41. The van der Waals surface area contributed by atoms with E-state index in [0.29, 0.717) is 5.56 Å². The van der Waals surface area contributed by atoms with E-state index in [1.54, 1.807) is 16.9 Å². The monoisotopic (exact) mass is 399 g/mol. The molecule has 1 spiro atoms. The summed E-state index contributed by atoms with van der Waals surface area (Å²) < 4.78 is 18.9. The number of fused-ring (bicyclic) bond motifs is 5. The average molecular weight is 399 g/mol. The lowest BCUT2D eigenvalue weighted by atomic mass is 9.81. The fourth-order valence-electron chi connectivity index (χ4n) is 5.22. The number of benzene rings is 2. The van der Waals surface area contributed by atoms with Gasteiger partial charge in [-0.3, -0.25) is 4.68 Å². The Hall–Kier alpha value is -3.41. The van der Waals surface area contributed by atoms with Crippen LogP contribution in [0.1, 0.15) is 18.4 Å². The molecule has 4 heterocycles. The number of anilines is 1. The van der Waals surface area contributed by atoms with Crippen LogP contribution in [0, 0.1) is 5.82 Å². The van der Waals surface area contributed by atoms with Gasteiger partial charge in [-0.15, -0.1) is 0 Å². The van der Waals surface area contributed by atoms with Gasteiger partial charge >= 0.3 is 0 Å². The Morgan fingerprint density at radius 2 is 1.83 bits per heavy atom. The van der Waals surface area contributed by atoms with Crippen molar-refractivity contribution in [1.29, 1.82) is 0 Å². The summed E-state index contributed by atoms with van der Waals surface area (Å²) >= 11 is 0. The lowest BCUT2D eigenvalue weighted by Gasteiger charge is -2.42. The van der Waals surface area contributed by atoms with Gasteiger partial charge in [0.25, 0.3) is 0 Å². The molecule has 2 aliphatic rings. The van der Waals surface area contributed by atoms with E-state index in [0.717, 1.165) is 37.2 Å². The van der Waals surface area contributed by atoms with Crippen LogP contribution in [0.3, 0.4) is 0 Å². The molecule has 2 aliphatic heterocycles. The predicted molar refractivity (Wildman–Crippen MR) is 115 cm³/mol. The van der Waals surface area contributed by atoms with Gasteiger partial charge in [-0.2, -0.15) is 5.10 Å². The number of aryl methyl sites for hydroxylation is 1. The maximum atomic E-state index is 14.9. The number of halogens is 1. The second-order valence-corrected chi connectivity index (χ2v) is 8.28. The maximum absolute atomic E-state index is 14.9. The highest BCUT2D eigenvalue weighted by Crippen LogP contribution is 2.49. The van der Waals surface area contributed by atoms with Crippen LogP contribution < -0.4 is 4.90 Å². The van der Waals surface area contributed by atoms with Crippen molar-refractivity contribution in [2.24, 2.45) is 7.05 Å². The number of rotatable bonds is 2. The lowest BCUT2D eigenvalue weighted by molar-refractivity contribution is 0.291. The van der Waals surface area contributed by atoms with Crippen molar-refractivity contribution in [3.63, 3.8) is 0 Å². The van der Waals surface area contributed by atoms with Crippen molar-refractivity contribution >= 4 is 5.69 Å². The summed E-state index contributed by atoms with van der Waals surface area (Å²) in [5.41, 5.74) is 6.16. The Morgan fingerprint density at radius 1 is 1.00 bits per heavy atom. The molecule has 0 amide bonds. The lowest BCUT2D eigenvalue weighted by Crippen LogP contribution is -2.45. The first-order valence-corrected chi connectivity index (χ1v) is 10.3. The van der Waals surface area contributed by atoms with E-state index in [1.165, 1.54) is 16.8 Å². The van der Waals surface area contributed by atoms with Crippen LogP contribution >= 0.6 is 0 Å². The van der Waals surface area contributed by atoms with Crippen LogP contribution in [-0.4, -0.2) is 32.4 Å². The molecule has 5 nitrogen and oxygen atoms in total. The third kappa shape index (κ3) is 2.39. The third-order valence-electron chi connectivity index (χ3n) is 6.73. The second-order valence-electron chi connectivity index (χ2n) is 8.28. The zero-order valence-corrected chi connectivity index (χ0v) is 16.8. The largest absolute Gasteiger partial charge is 0.371 e. The fraction of sp³-hybridized carbons (Fsp3) is 0.250. The molecule has 0 N–H and O–H groups in total. The van der Waals surface area contributed by atoms with Gasteiger partial charge in [0.05, 0.1) is 30.0 Å². The average Bonchev–Trinajstić information content (AvgIpc) is 3.47. The predicted octanol–water partition coefficient (Wildman–Crippen LogP) is 4.45. The van der Waals surface area contributed by atoms with Crippen molar-refractivity contribution in [2.45, 2.75) is 18.4 Å². The van der Waals surface area contributed by atoms with Crippen LogP contribution in [0.15, 0.2) is 67.4 Å². The minimum atomic E-state index is -0.205. The molecular formula is C24H22FN5. The molecule has 150 valence electrons. The number of hydrogen-bond acceptors (Lipinski definition) is 3. The van der Waals surface area contributed by atoms with Crippen molar-refractivity contribution < 1.29 is 4.39 Å². The van der Waals surface area contributed by atoms with Gasteiger partial charge in [0.15, 0.2) is 0 Å². The zero-order chi connectivity index (χ0) is 20.3. The Kier molecular flexibility index (Phi) is 3.66. The summed E-state index contributed by atoms with van der Waals surface area (Å²) in [7, 11) is 1.84. The van der Waals surface area contributed by atoms with Gasteiger partial charge < -0.3 is 9.47 Å². The van der Waals surface area contributed by atoms with E-state index in [-0.39, 0.29) is 11.4 Å². The third-order valence-corrected chi connectivity index (χ3v) is 6.73. The minimum absolute atomic E-state index is 0.0485. The summed E-state index contributed by atoms with van der Waals surface area (Å²) in [6.45, 7) is 1.75. The normalized spacial score (nSPS) is 16.7. The zero-order valence-electron chi connectivity index (χ0n) is 16.8. The van der Waals surface area contributed by atoms with E-state index < -0.39 is 0 Å². The van der Waals surface area contributed by atoms with Crippen LogP contribution in [-0.2, 0) is 12.6 Å². The van der Waals surface area contributed by atoms with Crippen molar-refractivity contribution in [2.75, 3.05) is 18.0 Å². The highest BCUT2D eigenvalue weighted by Gasteiger charge is 2.44. The number of aromatic nitrogens is 4. The molecule has 0 atom stereocenters. The van der Waals surface area contributed by atoms with Crippen LogP contribution in [0.5, 0.6) is 0 Å². The molecule has 4 aromatic rings. The van der Waals surface area contributed by atoms with Crippen molar-refractivity contribution in [3.05, 3.63) is 78.8 Å². The van der Waals surface area contributed by atoms with Gasteiger partial charge in [-0.25, -0.2) is 9.37 Å². The maximum Gasteiger partial charge on any atom is 0.133 e. The molecule has 1 saturated heterocycles. The smallest absolute Gasteiger partial charge is 0.133 e. The van der Waals surface area contributed by atoms with Crippen molar-refractivity contribution in [1.82, 2.24) is 19.3 Å². The quantitative estimate of drug-likeness (QED) is 0.500. The summed E-state index contributed by atoms with van der Waals surface area (Å²) in [6, 6.07) is 14.2. The molecule has 0 radical (unpaired) electrons. The highest BCUT2D eigenvalue weighted by molar-refractivity contribution is 5.71. The van der Waals surface area contributed by atoms with Gasteiger partial charge in [0.2, 0.25) is 0 Å². The number of piperidine rings is 1. The molecular weight excluding hydrogens is 377 g/mol. The number of nitrogens with zero attached hydrogens (tertiary/aromatic N) is 5. The van der Waals surface area contributed by atoms with E-state index in [1.807, 2.05) is 37.9 Å². The first-order chi connectivity index (χ1) is 14.7. The molecule has 0 aliphatic carbocycles. The minimum Gasteiger partial charge on any atom is -0.371 e. The van der Waals surface area contributed by atoms with Gasteiger partial charge in [-0.1, -0.05) is 24.3 Å². The van der Waals surface area contributed by atoms with Crippen LogP contribution in [0.4, 0.5) is 10.1 Å². The Bertz CT molecular complexity index is 1250. The standard InChI is InChI=1S/C24H22FN5/c1-28-15-17(13-27-28)19-7-6-18(12-22(19)25)29-10-8-24(9-11-29)21-5-3-2-4-20(21)23-14-26-16-30(23)24/h2-7,12-16H,8-11H2,1H3. The molecule has 0 bridgehead atoms. The SMILES string of the molecule is Cn1cc(-c2ccc(N3CCC4(CC3)c3ccccc3-c3cncn34)cc2F)cn1. The van der Waals surface area contributed by atoms with Gasteiger partial charge in [0.1, 0.15) is 5.82 Å². The molecule has 30 heavy (non-hydrogen) atoms. The van der Waals surface area contributed by atoms with E-state index >= 15 is 0 Å². The first kappa shape index (κ1) is 17.4. The van der Waals surface area contributed by atoms with Gasteiger partial charge in [-0.05, 0) is 36.6 Å². The molecule has 1 fully saturated rings. The summed E-state index contributed by atoms with van der Waals surface area (Å²) in [5.74, 6) is -0.205. The number of hydrogen-bond donors (Lipinski definition) is 0. The van der Waals surface area contributed by atoms with Crippen LogP contribution in [0.25, 0.3) is 22.4 Å². The summed E-state index contributed by atoms with van der Waals surface area (Å²) in [5, 5.41) is 4.15. The molecule has 6 heteroatoms.